The van der Waals surface area contributed by atoms with E-state index >= 15 is 0 Å². The van der Waals surface area contributed by atoms with Crippen molar-refractivity contribution in [3.05, 3.63) is 95.8 Å². The van der Waals surface area contributed by atoms with Gasteiger partial charge in [0.25, 0.3) is 0 Å². The SMILES string of the molecule is O=C(Nc1ccc(F)c(F)c1F)[C@@H](Cc1ccccc1)NS(=O)(=O)c1ccccc1. The van der Waals surface area contributed by atoms with Crippen LogP contribution >= 0.6 is 0 Å². The monoisotopic (exact) mass is 434 g/mol. The van der Waals surface area contributed by atoms with Crippen LogP contribution in [0.15, 0.2) is 77.7 Å². The summed E-state index contributed by atoms with van der Waals surface area (Å²) in [6.45, 7) is 0. The van der Waals surface area contributed by atoms with E-state index in [0.29, 0.717) is 11.6 Å². The van der Waals surface area contributed by atoms with Crippen molar-refractivity contribution in [3.63, 3.8) is 0 Å². The molecule has 0 aromatic heterocycles. The molecule has 2 N–H and O–H groups in total. The Morgan fingerprint density at radius 3 is 2.07 bits per heavy atom. The Morgan fingerprint density at radius 1 is 0.833 bits per heavy atom. The first-order valence-electron chi connectivity index (χ1n) is 8.83. The number of halogens is 3. The molecule has 30 heavy (non-hydrogen) atoms. The van der Waals surface area contributed by atoms with E-state index in [1.165, 1.54) is 24.3 Å². The summed E-state index contributed by atoms with van der Waals surface area (Å²) in [6.07, 6.45) is -0.0516. The average Bonchev–Trinajstić information content (AvgIpc) is 2.75. The van der Waals surface area contributed by atoms with Gasteiger partial charge in [-0.15, -0.1) is 0 Å². The van der Waals surface area contributed by atoms with Crippen LogP contribution in [0.1, 0.15) is 5.56 Å². The number of nitrogens with one attached hydrogen (secondary N) is 2. The molecule has 0 spiro atoms. The van der Waals surface area contributed by atoms with E-state index in [1.807, 2.05) is 0 Å². The maximum Gasteiger partial charge on any atom is 0.242 e. The van der Waals surface area contributed by atoms with Crippen molar-refractivity contribution in [2.24, 2.45) is 0 Å². The highest BCUT2D eigenvalue weighted by molar-refractivity contribution is 7.89. The van der Waals surface area contributed by atoms with Crippen molar-refractivity contribution in [2.75, 3.05) is 5.32 Å². The van der Waals surface area contributed by atoms with Crippen molar-refractivity contribution in [1.82, 2.24) is 4.72 Å². The minimum atomic E-state index is -4.08. The maximum absolute atomic E-state index is 13.9. The van der Waals surface area contributed by atoms with Crippen molar-refractivity contribution >= 4 is 21.6 Å². The van der Waals surface area contributed by atoms with Gasteiger partial charge in [-0.2, -0.15) is 4.72 Å². The summed E-state index contributed by atoms with van der Waals surface area (Å²) in [4.78, 5) is 12.7. The van der Waals surface area contributed by atoms with Crippen LogP contribution in [0.4, 0.5) is 18.9 Å². The largest absolute Gasteiger partial charge is 0.322 e. The Kier molecular flexibility index (Phi) is 6.53. The highest BCUT2D eigenvalue weighted by atomic mass is 32.2. The Balaban J connectivity index is 1.89. The third-order valence-corrected chi connectivity index (χ3v) is 5.73. The molecule has 0 saturated heterocycles. The molecule has 9 heteroatoms. The zero-order valence-corrected chi connectivity index (χ0v) is 16.3. The summed E-state index contributed by atoms with van der Waals surface area (Å²) in [7, 11) is -4.08. The predicted octanol–water partition coefficient (Wildman–Crippen LogP) is 3.63. The van der Waals surface area contributed by atoms with Gasteiger partial charge in [0, 0.05) is 0 Å². The average molecular weight is 434 g/mol. The molecule has 3 aromatic carbocycles. The lowest BCUT2D eigenvalue weighted by Gasteiger charge is -2.19. The lowest BCUT2D eigenvalue weighted by Crippen LogP contribution is -2.45. The van der Waals surface area contributed by atoms with Crippen molar-refractivity contribution in [3.8, 4) is 0 Å². The minimum absolute atomic E-state index is 0.0516. The molecular weight excluding hydrogens is 417 g/mol. The van der Waals surface area contributed by atoms with Gasteiger partial charge in [0.15, 0.2) is 17.5 Å². The molecule has 1 amide bonds. The predicted molar refractivity (Wildman–Crippen MR) is 106 cm³/mol. The van der Waals surface area contributed by atoms with Gasteiger partial charge < -0.3 is 5.32 Å². The lowest BCUT2D eigenvalue weighted by molar-refractivity contribution is -0.117. The lowest BCUT2D eigenvalue weighted by atomic mass is 10.1. The van der Waals surface area contributed by atoms with Crippen LogP contribution in [0, 0.1) is 17.5 Å². The van der Waals surface area contributed by atoms with E-state index < -0.39 is 45.1 Å². The topological polar surface area (TPSA) is 75.3 Å². The van der Waals surface area contributed by atoms with Crippen LogP contribution in [0.5, 0.6) is 0 Å². The molecule has 3 rings (SSSR count). The third kappa shape index (κ3) is 5.05. The standard InChI is InChI=1S/C21H17F3N2O3S/c22-16-11-12-17(20(24)19(16)23)25-21(27)18(13-14-7-3-1-4-8-14)26-30(28,29)15-9-5-2-6-10-15/h1-12,18,26H,13H2,(H,25,27)/t18-/m1/s1. The van der Waals surface area contributed by atoms with E-state index in [-0.39, 0.29) is 11.3 Å². The van der Waals surface area contributed by atoms with Crippen molar-refractivity contribution < 1.29 is 26.4 Å². The molecule has 0 bridgehead atoms. The van der Waals surface area contributed by atoms with Gasteiger partial charge in [0.05, 0.1) is 10.6 Å². The molecule has 1 atom stereocenters. The fourth-order valence-electron chi connectivity index (χ4n) is 2.73. The minimum Gasteiger partial charge on any atom is -0.322 e. The Labute approximate surface area is 171 Å². The second-order valence-corrected chi connectivity index (χ2v) is 8.10. The molecule has 156 valence electrons. The van der Waals surface area contributed by atoms with Crippen LogP contribution in [0.3, 0.4) is 0 Å². The van der Waals surface area contributed by atoms with Gasteiger partial charge in [0.1, 0.15) is 6.04 Å². The first-order chi connectivity index (χ1) is 14.3. The first-order valence-corrected chi connectivity index (χ1v) is 10.3. The van der Waals surface area contributed by atoms with E-state index in [2.05, 4.69) is 10.0 Å². The summed E-state index contributed by atoms with van der Waals surface area (Å²) in [5.41, 5.74) is 0.0371. The molecule has 0 unspecified atom stereocenters. The quantitative estimate of drug-likeness (QED) is 0.558. The first kappa shape index (κ1) is 21.5. The van der Waals surface area contributed by atoms with Gasteiger partial charge in [0.2, 0.25) is 15.9 Å². The third-order valence-electron chi connectivity index (χ3n) is 4.24. The molecule has 0 aliphatic heterocycles. The van der Waals surface area contributed by atoms with E-state index in [1.54, 1.807) is 36.4 Å². The summed E-state index contributed by atoms with van der Waals surface area (Å²) in [5.74, 6) is -5.65. The van der Waals surface area contributed by atoms with E-state index in [9.17, 15) is 26.4 Å². The molecular formula is C21H17F3N2O3S. The molecule has 0 radical (unpaired) electrons. The van der Waals surface area contributed by atoms with Crippen molar-refractivity contribution in [2.45, 2.75) is 17.4 Å². The fraction of sp³-hybridized carbons (Fsp3) is 0.0952. The van der Waals surface area contributed by atoms with Gasteiger partial charge in [-0.25, -0.2) is 21.6 Å². The van der Waals surface area contributed by atoms with E-state index in [0.717, 1.165) is 6.07 Å². The summed E-state index contributed by atoms with van der Waals surface area (Å²) < 4.78 is 68.2. The number of benzene rings is 3. The van der Waals surface area contributed by atoms with E-state index in [4.69, 9.17) is 0 Å². The van der Waals surface area contributed by atoms with Gasteiger partial charge in [-0.05, 0) is 36.2 Å². The molecule has 0 heterocycles. The number of rotatable bonds is 7. The van der Waals surface area contributed by atoms with Gasteiger partial charge >= 0.3 is 0 Å². The Hall–Kier alpha value is -3.17. The second-order valence-electron chi connectivity index (χ2n) is 6.39. The second kappa shape index (κ2) is 9.10. The number of hydrogen-bond acceptors (Lipinski definition) is 3. The number of anilines is 1. The van der Waals surface area contributed by atoms with Crippen LogP contribution in [0.2, 0.25) is 0 Å². The van der Waals surface area contributed by atoms with Gasteiger partial charge in [-0.1, -0.05) is 48.5 Å². The molecule has 0 fully saturated rings. The Morgan fingerprint density at radius 2 is 1.43 bits per heavy atom. The van der Waals surface area contributed by atoms with Crippen molar-refractivity contribution in [1.29, 1.82) is 0 Å². The van der Waals surface area contributed by atoms with Gasteiger partial charge in [-0.3, -0.25) is 4.79 Å². The smallest absolute Gasteiger partial charge is 0.242 e. The molecule has 0 aliphatic carbocycles. The number of carbonyl (C=O) groups is 1. The zero-order chi connectivity index (χ0) is 21.7. The number of hydrogen-bond donors (Lipinski definition) is 2. The highest BCUT2D eigenvalue weighted by Crippen LogP contribution is 2.20. The molecule has 5 nitrogen and oxygen atoms in total. The molecule has 3 aromatic rings. The fourth-order valence-corrected chi connectivity index (χ4v) is 3.95. The van der Waals surface area contributed by atoms with Crippen LogP contribution in [0.25, 0.3) is 0 Å². The molecule has 0 aliphatic rings. The zero-order valence-electron chi connectivity index (χ0n) is 15.5. The summed E-state index contributed by atoms with van der Waals surface area (Å²) >= 11 is 0. The summed E-state index contributed by atoms with van der Waals surface area (Å²) in [5, 5.41) is 2.13. The Bertz CT molecular complexity index is 1140. The van der Waals surface area contributed by atoms with Crippen LogP contribution in [-0.2, 0) is 21.2 Å². The number of carbonyl (C=O) groups excluding carboxylic acids is 1. The number of sulfonamides is 1. The van der Waals surface area contributed by atoms with Crippen LogP contribution in [-0.4, -0.2) is 20.4 Å². The normalized spacial score (nSPS) is 12.4. The number of amides is 1. The molecule has 0 saturated carbocycles. The maximum atomic E-state index is 13.9. The van der Waals surface area contributed by atoms with Crippen LogP contribution < -0.4 is 10.0 Å². The summed E-state index contributed by atoms with van der Waals surface area (Å²) in [6, 6.07) is 16.1. The highest BCUT2D eigenvalue weighted by Gasteiger charge is 2.27.